The van der Waals surface area contributed by atoms with Crippen LogP contribution in [0.2, 0.25) is 0 Å². The Kier molecular flexibility index (Phi) is 3.50. The zero-order valence-electron chi connectivity index (χ0n) is 8.13. The topological polar surface area (TPSA) is 31.0 Å². The van der Waals surface area contributed by atoms with Crippen LogP contribution >= 0.6 is 0 Å². The monoisotopic (exact) mass is 174 g/mol. The van der Waals surface area contributed by atoms with Crippen LogP contribution in [-0.4, -0.2) is 38.6 Å². The zero-order valence-corrected chi connectivity index (χ0v) is 8.13. The molecule has 0 bridgehead atoms. The molecule has 1 unspecified atom stereocenters. The summed E-state index contributed by atoms with van der Waals surface area (Å²) in [7, 11) is 1.73. The molecule has 0 amide bonds. The second kappa shape index (κ2) is 4.21. The van der Waals surface area contributed by atoms with Crippen LogP contribution in [0.5, 0.6) is 0 Å². The molecule has 0 aromatic rings. The van der Waals surface area contributed by atoms with Crippen LogP contribution in [-0.2, 0) is 14.2 Å². The van der Waals surface area contributed by atoms with Crippen LogP contribution in [0.4, 0.5) is 0 Å². The summed E-state index contributed by atoms with van der Waals surface area (Å²) in [5.74, 6) is 0. The first-order valence-electron chi connectivity index (χ1n) is 4.38. The molecule has 72 valence electrons. The maximum Gasteiger partial charge on any atom is 0.104 e. The lowest BCUT2D eigenvalue weighted by Gasteiger charge is -2.22. The smallest absolute Gasteiger partial charge is 0.104 e. The Balaban J connectivity index is 1.92. The number of hydrogen-bond acceptors (Lipinski definition) is 3. The van der Waals surface area contributed by atoms with Crippen molar-refractivity contribution in [3.63, 3.8) is 0 Å². The Morgan fingerprint density at radius 1 is 1.50 bits per heavy atom. The summed E-state index contributed by atoms with van der Waals surface area (Å²) in [5.41, 5.74) is -0.0651. The Labute approximate surface area is 74.0 Å². The SMILES string of the molecule is COC(C)(C)CCOCC1CO1. The molecule has 0 aromatic heterocycles. The van der Waals surface area contributed by atoms with Gasteiger partial charge in [0.15, 0.2) is 0 Å². The lowest BCUT2D eigenvalue weighted by molar-refractivity contribution is -0.0114. The molecule has 0 radical (unpaired) electrons. The quantitative estimate of drug-likeness (QED) is 0.448. The molecule has 0 N–H and O–H groups in total. The normalized spacial score (nSPS) is 22.8. The molecule has 1 saturated heterocycles. The van der Waals surface area contributed by atoms with E-state index < -0.39 is 0 Å². The summed E-state index contributed by atoms with van der Waals surface area (Å²) in [5, 5.41) is 0. The van der Waals surface area contributed by atoms with E-state index in [0.717, 1.165) is 26.2 Å². The van der Waals surface area contributed by atoms with Gasteiger partial charge in [-0.2, -0.15) is 0 Å². The number of methoxy groups -OCH3 is 1. The standard InChI is InChI=1S/C9H18O3/c1-9(2,10-3)4-5-11-6-8-7-12-8/h8H,4-7H2,1-3H3. The second-order valence-corrected chi connectivity index (χ2v) is 3.74. The summed E-state index contributed by atoms with van der Waals surface area (Å²) in [6.07, 6.45) is 1.30. The molecule has 0 saturated carbocycles. The predicted molar refractivity (Wildman–Crippen MR) is 46.3 cm³/mol. The molecule has 1 atom stereocenters. The molecule has 0 spiro atoms. The molecule has 1 heterocycles. The van der Waals surface area contributed by atoms with Crippen molar-refractivity contribution in [3.05, 3.63) is 0 Å². The highest BCUT2D eigenvalue weighted by molar-refractivity contribution is 4.69. The van der Waals surface area contributed by atoms with Crippen molar-refractivity contribution in [2.45, 2.75) is 32.0 Å². The highest BCUT2D eigenvalue weighted by Crippen LogP contribution is 2.14. The minimum Gasteiger partial charge on any atom is -0.379 e. The largest absolute Gasteiger partial charge is 0.379 e. The summed E-state index contributed by atoms with van der Waals surface area (Å²) < 4.78 is 15.7. The van der Waals surface area contributed by atoms with Gasteiger partial charge in [0.25, 0.3) is 0 Å². The second-order valence-electron chi connectivity index (χ2n) is 3.74. The van der Waals surface area contributed by atoms with E-state index in [4.69, 9.17) is 14.2 Å². The Morgan fingerprint density at radius 2 is 2.17 bits per heavy atom. The van der Waals surface area contributed by atoms with Gasteiger partial charge in [-0.05, 0) is 20.3 Å². The van der Waals surface area contributed by atoms with Crippen LogP contribution in [0.1, 0.15) is 20.3 Å². The van der Waals surface area contributed by atoms with E-state index in [2.05, 4.69) is 13.8 Å². The van der Waals surface area contributed by atoms with Gasteiger partial charge in [0, 0.05) is 13.7 Å². The van der Waals surface area contributed by atoms with Gasteiger partial charge in [0.1, 0.15) is 6.10 Å². The Morgan fingerprint density at radius 3 is 2.67 bits per heavy atom. The van der Waals surface area contributed by atoms with Crippen LogP contribution in [0, 0.1) is 0 Å². The van der Waals surface area contributed by atoms with Crippen LogP contribution < -0.4 is 0 Å². The van der Waals surface area contributed by atoms with Crippen LogP contribution in [0.3, 0.4) is 0 Å². The Hall–Kier alpha value is -0.120. The fourth-order valence-corrected chi connectivity index (χ4v) is 0.799. The van der Waals surface area contributed by atoms with E-state index in [1.54, 1.807) is 7.11 Å². The highest BCUT2D eigenvalue weighted by atomic mass is 16.6. The fourth-order valence-electron chi connectivity index (χ4n) is 0.799. The van der Waals surface area contributed by atoms with Crippen molar-refractivity contribution in [2.75, 3.05) is 26.9 Å². The molecule has 1 aliphatic heterocycles. The van der Waals surface area contributed by atoms with Gasteiger partial charge in [0.2, 0.25) is 0 Å². The average Bonchev–Trinajstić information content (AvgIpc) is 2.82. The molecular weight excluding hydrogens is 156 g/mol. The maximum absolute atomic E-state index is 5.39. The van der Waals surface area contributed by atoms with E-state index in [1.165, 1.54) is 0 Å². The van der Waals surface area contributed by atoms with E-state index in [-0.39, 0.29) is 5.60 Å². The first-order valence-corrected chi connectivity index (χ1v) is 4.38. The van der Waals surface area contributed by atoms with E-state index >= 15 is 0 Å². The van der Waals surface area contributed by atoms with Gasteiger partial charge in [0.05, 0.1) is 18.8 Å². The minimum atomic E-state index is -0.0651. The molecular formula is C9H18O3. The minimum absolute atomic E-state index is 0.0651. The summed E-state index contributed by atoms with van der Waals surface area (Å²) in [4.78, 5) is 0. The summed E-state index contributed by atoms with van der Waals surface area (Å²) in [6, 6.07) is 0. The van der Waals surface area contributed by atoms with Crippen molar-refractivity contribution in [3.8, 4) is 0 Å². The molecule has 12 heavy (non-hydrogen) atoms. The van der Waals surface area contributed by atoms with Crippen LogP contribution in [0.25, 0.3) is 0 Å². The molecule has 0 aromatic carbocycles. The lowest BCUT2D eigenvalue weighted by atomic mass is 10.1. The molecule has 0 aliphatic carbocycles. The molecule has 1 aliphatic rings. The maximum atomic E-state index is 5.39. The van der Waals surface area contributed by atoms with Crippen LogP contribution in [0.15, 0.2) is 0 Å². The number of ether oxygens (including phenoxy) is 3. The van der Waals surface area contributed by atoms with Crippen molar-refractivity contribution >= 4 is 0 Å². The summed E-state index contributed by atoms with van der Waals surface area (Å²) in [6.45, 7) is 6.47. The number of rotatable bonds is 6. The van der Waals surface area contributed by atoms with Gasteiger partial charge in [-0.3, -0.25) is 0 Å². The van der Waals surface area contributed by atoms with E-state index in [9.17, 15) is 0 Å². The third-order valence-electron chi connectivity index (χ3n) is 2.11. The predicted octanol–water partition coefficient (Wildman–Crippen LogP) is 1.22. The number of hydrogen-bond donors (Lipinski definition) is 0. The van der Waals surface area contributed by atoms with Gasteiger partial charge >= 0.3 is 0 Å². The first kappa shape index (κ1) is 9.96. The fraction of sp³-hybridized carbons (Fsp3) is 1.00. The third kappa shape index (κ3) is 4.04. The number of epoxide rings is 1. The first-order chi connectivity index (χ1) is 5.64. The van der Waals surface area contributed by atoms with Crippen molar-refractivity contribution < 1.29 is 14.2 Å². The highest BCUT2D eigenvalue weighted by Gasteiger charge is 2.23. The van der Waals surface area contributed by atoms with E-state index in [1.807, 2.05) is 0 Å². The lowest BCUT2D eigenvalue weighted by Crippen LogP contribution is -2.24. The summed E-state index contributed by atoms with van der Waals surface area (Å²) >= 11 is 0. The van der Waals surface area contributed by atoms with Gasteiger partial charge < -0.3 is 14.2 Å². The van der Waals surface area contributed by atoms with Crippen molar-refractivity contribution in [1.29, 1.82) is 0 Å². The zero-order chi connectivity index (χ0) is 9.03. The molecule has 3 heteroatoms. The van der Waals surface area contributed by atoms with Gasteiger partial charge in [-0.1, -0.05) is 0 Å². The Bertz CT molecular complexity index is 130. The van der Waals surface area contributed by atoms with E-state index in [0.29, 0.717) is 6.10 Å². The van der Waals surface area contributed by atoms with Gasteiger partial charge in [-0.15, -0.1) is 0 Å². The van der Waals surface area contributed by atoms with Crippen molar-refractivity contribution in [2.24, 2.45) is 0 Å². The average molecular weight is 174 g/mol. The van der Waals surface area contributed by atoms with Crippen molar-refractivity contribution in [1.82, 2.24) is 0 Å². The third-order valence-corrected chi connectivity index (χ3v) is 2.11. The molecule has 3 nitrogen and oxygen atoms in total. The molecule has 1 fully saturated rings. The molecule has 1 rings (SSSR count). The van der Waals surface area contributed by atoms with Gasteiger partial charge in [-0.25, -0.2) is 0 Å².